The molecule has 0 saturated heterocycles. The zero-order valence-corrected chi connectivity index (χ0v) is 18.7. The third-order valence-electron chi connectivity index (χ3n) is 3.90. The Balaban J connectivity index is 2.54. The van der Waals surface area contributed by atoms with Crippen LogP contribution in [-0.4, -0.2) is 37.6 Å². The molecule has 0 fully saturated rings. The number of hydrogen-bond donors (Lipinski definition) is 2. The second-order valence-corrected chi connectivity index (χ2v) is 9.23. The van der Waals surface area contributed by atoms with E-state index in [0.717, 1.165) is 24.3 Å². The second-order valence-electron chi connectivity index (χ2n) is 6.73. The highest BCUT2D eigenvalue weighted by Gasteiger charge is 2.48. The van der Waals surface area contributed by atoms with E-state index in [4.69, 9.17) is 27.9 Å². The zero-order valence-electron chi connectivity index (χ0n) is 16.4. The summed E-state index contributed by atoms with van der Waals surface area (Å²) in [6.45, 7) is 2.71. The summed E-state index contributed by atoms with van der Waals surface area (Å²) >= 11 is 11.7. The van der Waals surface area contributed by atoms with Crippen molar-refractivity contribution in [1.82, 2.24) is 0 Å². The number of esters is 1. The van der Waals surface area contributed by atoms with Crippen molar-refractivity contribution >= 4 is 50.7 Å². The van der Waals surface area contributed by atoms with Gasteiger partial charge in [-0.25, -0.2) is 8.42 Å². The lowest BCUT2D eigenvalue weighted by molar-refractivity contribution is -0.178. The van der Waals surface area contributed by atoms with Crippen LogP contribution in [0.5, 0.6) is 5.75 Å². The molecule has 0 saturated carbocycles. The second kappa shape index (κ2) is 9.55. The standard InChI is InChI=1S/C19H16Cl2F3NO6S/c1-9(2)31-18(28)16(17(27)19(22,23)24)12-8-11(4-6-14(12)26)25-32(29,30)15-7-10(20)3-5-13(15)21/h3-9,16,25-26H,1-2H3/t16-/m0/s1. The predicted octanol–water partition coefficient (Wildman–Crippen LogP) is 4.67. The maximum Gasteiger partial charge on any atom is 0.451 e. The van der Waals surface area contributed by atoms with Crippen LogP contribution in [0.25, 0.3) is 0 Å². The van der Waals surface area contributed by atoms with Crippen molar-refractivity contribution in [2.24, 2.45) is 0 Å². The number of anilines is 1. The monoisotopic (exact) mass is 513 g/mol. The van der Waals surface area contributed by atoms with E-state index in [9.17, 15) is 36.3 Å². The van der Waals surface area contributed by atoms with E-state index in [0.29, 0.717) is 0 Å². The number of hydrogen-bond acceptors (Lipinski definition) is 6. The number of alkyl halides is 3. The van der Waals surface area contributed by atoms with Gasteiger partial charge >= 0.3 is 12.1 Å². The number of rotatable bonds is 7. The number of Topliss-reactive ketones (excluding diaryl/α,β-unsaturated/α-hetero) is 1. The minimum Gasteiger partial charge on any atom is -0.508 e. The topological polar surface area (TPSA) is 110 Å². The van der Waals surface area contributed by atoms with Crippen LogP contribution in [0.1, 0.15) is 25.3 Å². The molecule has 0 amide bonds. The summed E-state index contributed by atoms with van der Waals surface area (Å²) in [6, 6.07) is 6.17. The van der Waals surface area contributed by atoms with Gasteiger partial charge in [-0.1, -0.05) is 23.2 Å². The highest BCUT2D eigenvalue weighted by molar-refractivity contribution is 7.92. The maximum atomic E-state index is 13.1. The van der Waals surface area contributed by atoms with Gasteiger partial charge in [0, 0.05) is 16.3 Å². The maximum absolute atomic E-state index is 13.1. The molecule has 0 radical (unpaired) electrons. The molecule has 0 aliphatic carbocycles. The van der Waals surface area contributed by atoms with E-state index in [2.05, 4.69) is 4.72 Å². The van der Waals surface area contributed by atoms with Gasteiger partial charge in [-0.15, -0.1) is 0 Å². The fraction of sp³-hybridized carbons (Fsp3) is 0.263. The van der Waals surface area contributed by atoms with Gasteiger partial charge in [-0.3, -0.25) is 14.3 Å². The van der Waals surface area contributed by atoms with Gasteiger partial charge in [0.05, 0.1) is 11.1 Å². The minimum absolute atomic E-state index is 0.0495. The number of sulfonamides is 1. The van der Waals surface area contributed by atoms with Crippen molar-refractivity contribution in [2.45, 2.75) is 36.9 Å². The summed E-state index contributed by atoms with van der Waals surface area (Å²) in [5.41, 5.74) is -1.15. The van der Waals surface area contributed by atoms with Crippen LogP contribution in [0.2, 0.25) is 10.0 Å². The summed E-state index contributed by atoms with van der Waals surface area (Å²) in [4.78, 5) is 23.8. The molecular weight excluding hydrogens is 498 g/mol. The highest BCUT2D eigenvalue weighted by atomic mass is 35.5. The molecule has 32 heavy (non-hydrogen) atoms. The number of carbonyl (C=O) groups excluding carboxylic acids is 2. The molecule has 0 aromatic heterocycles. The molecule has 7 nitrogen and oxygen atoms in total. The minimum atomic E-state index is -5.43. The van der Waals surface area contributed by atoms with Crippen LogP contribution in [-0.2, 0) is 24.3 Å². The number of phenolic OH excluding ortho intramolecular Hbond substituents is 1. The SMILES string of the molecule is CC(C)OC(=O)[C@H](C(=O)C(F)(F)F)c1cc(NS(=O)(=O)c2cc(Cl)ccc2Cl)ccc1O. The van der Waals surface area contributed by atoms with Crippen molar-refractivity contribution in [1.29, 1.82) is 0 Å². The van der Waals surface area contributed by atoms with Crippen LogP contribution in [0, 0.1) is 0 Å². The molecule has 0 bridgehead atoms. The smallest absolute Gasteiger partial charge is 0.451 e. The van der Waals surface area contributed by atoms with Crippen molar-refractivity contribution in [3.63, 3.8) is 0 Å². The molecule has 2 rings (SSSR count). The summed E-state index contributed by atoms with van der Waals surface area (Å²) in [7, 11) is -4.38. The molecule has 0 aliphatic heterocycles. The van der Waals surface area contributed by atoms with Crippen LogP contribution < -0.4 is 4.72 Å². The lowest BCUT2D eigenvalue weighted by atomic mass is 9.93. The molecule has 0 unspecified atom stereocenters. The first-order valence-electron chi connectivity index (χ1n) is 8.75. The van der Waals surface area contributed by atoms with Crippen molar-refractivity contribution in [3.8, 4) is 5.75 Å². The molecule has 0 heterocycles. The fourth-order valence-corrected chi connectivity index (χ4v) is 4.39. The Morgan fingerprint density at radius 3 is 2.28 bits per heavy atom. The fourth-order valence-electron chi connectivity index (χ4n) is 2.58. The number of benzene rings is 2. The van der Waals surface area contributed by atoms with Gasteiger partial charge in [0.15, 0.2) is 5.92 Å². The Hall–Kier alpha value is -2.50. The quantitative estimate of drug-likeness (QED) is 0.316. The van der Waals surface area contributed by atoms with Crippen molar-refractivity contribution < 1.29 is 41.0 Å². The first-order valence-corrected chi connectivity index (χ1v) is 11.0. The van der Waals surface area contributed by atoms with Crippen LogP contribution in [0.4, 0.5) is 18.9 Å². The summed E-state index contributed by atoms with van der Waals surface area (Å²) in [5.74, 6) is -7.47. The van der Waals surface area contributed by atoms with Gasteiger partial charge in [-0.05, 0) is 50.2 Å². The molecule has 1 atom stereocenters. The van der Waals surface area contributed by atoms with E-state index in [1.807, 2.05) is 0 Å². The summed E-state index contributed by atoms with van der Waals surface area (Å²) < 4.78 is 71.4. The Labute approximate surface area is 191 Å². The van der Waals surface area contributed by atoms with Crippen LogP contribution >= 0.6 is 23.2 Å². The molecule has 0 aliphatic rings. The Kier molecular flexibility index (Phi) is 7.69. The number of nitrogens with one attached hydrogen (secondary N) is 1. The number of aromatic hydroxyl groups is 1. The molecule has 2 N–H and O–H groups in total. The average Bonchev–Trinajstić information content (AvgIpc) is 2.64. The van der Waals surface area contributed by atoms with E-state index in [1.54, 1.807) is 0 Å². The number of ether oxygens (including phenoxy) is 1. The molecule has 13 heteroatoms. The first kappa shape index (κ1) is 25.8. The van der Waals surface area contributed by atoms with E-state index < -0.39 is 56.2 Å². The Bertz CT molecular complexity index is 1150. The van der Waals surface area contributed by atoms with Gasteiger partial charge in [0.2, 0.25) is 0 Å². The Morgan fingerprint density at radius 2 is 1.72 bits per heavy atom. The lowest BCUT2D eigenvalue weighted by Gasteiger charge is -2.20. The van der Waals surface area contributed by atoms with E-state index >= 15 is 0 Å². The number of ketones is 1. The Morgan fingerprint density at radius 1 is 1.09 bits per heavy atom. The third kappa shape index (κ3) is 6.05. The van der Waals surface area contributed by atoms with Crippen LogP contribution in [0.3, 0.4) is 0 Å². The van der Waals surface area contributed by atoms with Gasteiger partial charge in [0.1, 0.15) is 10.6 Å². The molecule has 174 valence electrons. The molecule has 2 aromatic carbocycles. The number of carbonyl (C=O) groups is 2. The highest BCUT2D eigenvalue weighted by Crippen LogP contribution is 2.36. The first-order chi connectivity index (χ1) is 14.6. The van der Waals surface area contributed by atoms with Gasteiger partial charge < -0.3 is 9.84 Å². The summed E-state index contributed by atoms with van der Waals surface area (Å²) in [5, 5.41) is 9.92. The summed E-state index contributed by atoms with van der Waals surface area (Å²) in [6.07, 6.45) is -6.29. The van der Waals surface area contributed by atoms with Crippen molar-refractivity contribution in [2.75, 3.05) is 4.72 Å². The lowest BCUT2D eigenvalue weighted by Crippen LogP contribution is -2.35. The van der Waals surface area contributed by atoms with Gasteiger partial charge in [0.25, 0.3) is 15.8 Å². The predicted molar refractivity (Wildman–Crippen MR) is 110 cm³/mol. The largest absolute Gasteiger partial charge is 0.508 e. The average molecular weight is 514 g/mol. The third-order valence-corrected chi connectivity index (χ3v) is 6.00. The molecule has 2 aromatic rings. The zero-order chi connectivity index (χ0) is 24.4. The normalized spacial score (nSPS) is 13.0. The van der Waals surface area contributed by atoms with E-state index in [1.165, 1.54) is 26.0 Å². The number of phenols is 1. The van der Waals surface area contributed by atoms with Crippen LogP contribution in [0.15, 0.2) is 41.3 Å². The van der Waals surface area contributed by atoms with Crippen molar-refractivity contribution in [3.05, 3.63) is 52.0 Å². The molecule has 0 spiro atoms. The van der Waals surface area contributed by atoms with Gasteiger partial charge in [-0.2, -0.15) is 13.2 Å². The number of halogens is 5. The van der Waals surface area contributed by atoms with E-state index in [-0.39, 0.29) is 15.7 Å². The molecular formula is C19H16Cl2F3NO6S.